The third-order valence-corrected chi connectivity index (χ3v) is 18.4. The maximum atomic E-state index is 14.2. The molecule has 632 valence electrons. The molecule has 117 heavy (non-hydrogen) atoms. The second-order valence-corrected chi connectivity index (χ2v) is 26.7. The Balaban J connectivity index is 0.000000194. The molecule has 0 unspecified atom stereocenters. The zero-order valence-electron chi connectivity index (χ0n) is 62.0. The van der Waals surface area contributed by atoms with Crippen LogP contribution in [0, 0.1) is 34.6 Å². The van der Waals surface area contributed by atoms with E-state index in [9.17, 15) is 93.9 Å². The molecule has 11 N–H and O–H groups in total. The fraction of sp³-hybridized carbons (Fsp3) is 0.411. The molecule has 35 nitrogen and oxygen atoms in total. The minimum Gasteiger partial charge on any atom is -0.497 e. The van der Waals surface area contributed by atoms with Crippen LogP contribution in [0.3, 0.4) is 0 Å². The number of nitrogens with zero attached hydrogens (tertiary/aromatic N) is 9. The molecular formula is C73H79ClF8N12O23. The van der Waals surface area contributed by atoms with E-state index in [1.165, 1.54) is 51.7 Å². The van der Waals surface area contributed by atoms with Gasteiger partial charge in [-0.1, -0.05) is 37.2 Å². The summed E-state index contributed by atoms with van der Waals surface area (Å²) in [5.41, 5.74) is 0.325. The smallest absolute Gasteiger partial charge is 0.352 e. The summed E-state index contributed by atoms with van der Waals surface area (Å²) in [6.45, 7) is 5.42. The van der Waals surface area contributed by atoms with Gasteiger partial charge in [-0.05, 0) is 124 Å². The molecule has 4 saturated heterocycles. The average Bonchev–Trinajstić information content (AvgIpc) is 1.61. The number of Topliss-reactive ketones (excluding diaryl/α,β-unsaturated/α-hetero) is 1. The predicted molar refractivity (Wildman–Crippen MR) is 392 cm³/mol. The minimum atomic E-state index is -3.84. The second-order valence-electron chi connectivity index (χ2n) is 26.3. The summed E-state index contributed by atoms with van der Waals surface area (Å²) in [5, 5.41) is 82.0. The number of aromatic nitrogens is 9. The number of aryl methyl sites for hydroxylation is 4. The van der Waals surface area contributed by atoms with Crippen molar-refractivity contribution in [2.45, 2.75) is 146 Å². The van der Waals surface area contributed by atoms with E-state index in [-0.39, 0.29) is 54.0 Å². The molecule has 0 spiro atoms. The second kappa shape index (κ2) is 37.5. The van der Waals surface area contributed by atoms with Crippen LogP contribution in [-0.4, -0.2) is 228 Å². The fourth-order valence-electron chi connectivity index (χ4n) is 12.2. The number of aliphatic hydroxyl groups excluding tert-OH is 8. The van der Waals surface area contributed by atoms with Crippen molar-refractivity contribution in [2.24, 2.45) is 0 Å². The summed E-state index contributed by atoms with van der Waals surface area (Å²) < 4.78 is 151. The Morgan fingerprint density at radius 2 is 0.821 bits per heavy atom. The topological polar surface area (TPSA) is 483 Å². The number of ether oxygens (including phenoxy) is 7. The van der Waals surface area contributed by atoms with Gasteiger partial charge in [-0.2, -0.15) is 55.1 Å². The van der Waals surface area contributed by atoms with Crippen LogP contribution in [0.25, 0.3) is 0 Å². The summed E-state index contributed by atoms with van der Waals surface area (Å²) in [5.74, 6) is -16.7. The number of amides is 3. The number of methoxy groups -OCH3 is 3. The van der Waals surface area contributed by atoms with Crippen molar-refractivity contribution in [3.05, 3.63) is 213 Å². The molecule has 4 aliphatic rings. The maximum Gasteiger partial charge on any atom is 0.352 e. The molecule has 4 aliphatic heterocycles. The van der Waals surface area contributed by atoms with Crippen LogP contribution in [0.4, 0.5) is 52.6 Å². The van der Waals surface area contributed by atoms with Crippen LogP contribution in [0.15, 0.2) is 129 Å². The fourth-order valence-corrected chi connectivity index (χ4v) is 12.5. The van der Waals surface area contributed by atoms with Crippen LogP contribution >= 0.6 is 11.6 Å². The van der Waals surface area contributed by atoms with Crippen molar-refractivity contribution in [3.63, 3.8) is 0 Å². The van der Waals surface area contributed by atoms with Gasteiger partial charge in [-0.3, -0.25) is 32.9 Å². The molecule has 3 amide bonds. The lowest BCUT2D eigenvalue weighted by atomic mass is 10.0. The molecule has 0 saturated carbocycles. The Morgan fingerprint density at radius 1 is 0.470 bits per heavy atom. The number of hydrogen-bond donors (Lipinski definition) is 11. The highest BCUT2D eigenvalue weighted by molar-refractivity contribution is 6.31. The number of carbonyl (C=O) groups is 4. The Morgan fingerprint density at radius 3 is 1.16 bits per heavy atom. The monoisotopic (exact) mass is 1680 g/mol. The van der Waals surface area contributed by atoms with Gasteiger partial charge in [0.2, 0.25) is 24.9 Å². The summed E-state index contributed by atoms with van der Waals surface area (Å²) in [6.07, 6.45) is -20.6. The number of hydrogen-bond acceptors (Lipinski definition) is 28. The van der Waals surface area contributed by atoms with Gasteiger partial charge < -0.3 is 90.0 Å². The normalized spacial score (nSPS) is 22.9. The molecule has 0 aliphatic carbocycles. The Bertz CT molecular complexity index is 5160. The molecule has 4 aromatic carbocycles. The highest BCUT2D eigenvalue weighted by Gasteiger charge is 2.63. The molecule has 4 fully saturated rings. The maximum absolute atomic E-state index is 14.2. The van der Waals surface area contributed by atoms with E-state index in [0.717, 1.165) is 59.3 Å². The summed E-state index contributed by atoms with van der Waals surface area (Å²) in [6, 6.07) is 21.3. The van der Waals surface area contributed by atoms with Gasteiger partial charge in [0.25, 0.3) is 17.7 Å². The first-order valence-corrected chi connectivity index (χ1v) is 34.7. The molecule has 8 heterocycles. The molecule has 12 rings (SSSR count). The molecule has 44 heteroatoms. The van der Waals surface area contributed by atoms with Crippen molar-refractivity contribution < 1.29 is 128 Å². The van der Waals surface area contributed by atoms with E-state index in [4.69, 9.17) is 65.2 Å². The number of carbonyl (C=O) groups excluding carboxylic acids is 4. The lowest BCUT2D eigenvalue weighted by Crippen LogP contribution is -2.42. The third-order valence-electron chi connectivity index (χ3n) is 18.2. The van der Waals surface area contributed by atoms with Crippen molar-refractivity contribution in [2.75, 3.05) is 63.7 Å². The number of halogens is 9. The van der Waals surface area contributed by atoms with Gasteiger partial charge in [0.1, 0.15) is 71.3 Å². The minimum absolute atomic E-state index is 0. The van der Waals surface area contributed by atoms with Crippen LogP contribution in [0.5, 0.6) is 17.2 Å². The zero-order valence-corrected chi connectivity index (χ0v) is 62.7. The Kier molecular flexibility index (Phi) is 29.4. The number of anilines is 3. The van der Waals surface area contributed by atoms with Crippen LogP contribution in [0.2, 0.25) is 5.02 Å². The number of aliphatic hydroxyl groups is 8. The van der Waals surface area contributed by atoms with E-state index >= 15 is 0 Å². The molecule has 4 aromatic heterocycles. The van der Waals surface area contributed by atoms with Crippen LogP contribution in [-0.2, 0) is 25.4 Å². The van der Waals surface area contributed by atoms with Gasteiger partial charge in [-0.25, -0.2) is 28.7 Å². The average molecular weight is 1680 g/mol. The number of ketones is 1. The van der Waals surface area contributed by atoms with E-state index in [1.54, 1.807) is 77.1 Å². The highest BCUT2D eigenvalue weighted by Crippen LogP contribution is 2.46. The number of rotatable bonds is 20. The highest BCUT2D eigenvalue weighted by atomic mass is 35.5. The molecule has 0 radical (unpaired) electrons. The van der Waals surface area contributed by atoms with Gasteiger partial charge in [0.15, 0.2) is 30.2 Å². The first-order chi connectivity index (χ1) is 54.6. The van der Waals surface area contributed by atoms with Gasteiger partial charge in [0, 0.05) is 51.4 Å². The van der Waals surface area contributed by atoms with Crippen molar-refractivity contribution >= 4 is 52.6 Å². The van der Waals surface area contributed by atoms with E-state index in [2.05, 4.69) is 40.9 Å². The summed E-state index contributed by atoms with van der Waals surface area (Å²) in [7, 11) is 4.33. The summed E-state index contributed by atoms with van der Waals surface area (Å²) in [4.78, 5) is 117. The van der Waals surface area contributed by atoms with Crippen LogP contribution in [0.1, 0.15) is 107 Å². The van der Waals surface area contributed by atoms with E-state index in [1.807, 2.05) is 0 Å². The predicted octanol–water partition coefficient (Wildman–Crippen LogP) is 3.95. The first kappa shape index (κ1) is 91.6. The quantitative estimate of drug-likeness (QED) is 0.0380. The Hall–Kier alpha value is -10.9. The van der Waals surface area contributed by atoms with Gasteiger partial charge in [-0.15, -0.1) is 0 Å². The van der Waals surface area contributed by atoms with Crippen molar-refractivity contribution in [1.82, 2.24) is 43.2 Å². The van der Waals surface area contributed by atoms with Gasteiger partial charge >= 0.3 is 46.4 Å². The number of alkyl halides is 8. The largest absolute Gasteiger partial charge is 0.497 e. The molecule has 12 atom stereocenters. The summed E-state index contributed by atoms with van der Waals surface area (Å²) >= 11 is 5.91. The van der Waals surface area contributed by atoms with E-state index in [0.29, 0.717) is 57.2 Å². The van der Waals surface area contributed by atoms with E-state index < -0.39 is 164 Å². The lowest BCUT2D eigenvalue weighted by Gasteiger charge is -2.21. The van der Waals surface area contributed by atoms with Gasteiger partial charge in [0.05, 0.1) is 54.2 Å². The molecular weight excluding hydrogens is 1600 g/mol. The van der Waals surface area contributed by atoms with Crippen molar-refractivity contribution in [3.8, 4) is 17.2 Å². The van der Waals surface area contributed by atoms with Crippen LogP contribution < -0.4 is 52.9 Å². The third kappa shape index (κ3) is 19.9. The molecule has 0 bridgehead atoms. The number of benzene rings is 4. The molecule has 8 aromatic rings. The first-order valence-electron chi connectivity index (χ1n) is 34.3. The standard InChI is InChI=1S/C19H21F2N3O7.C18H19F2N3O6.C18H19F2N3O5.C17H16ClF2N3O5.CH4/c1-9-11(29-2)6-10(7-12(9)30-3)16(27)22-14-4-5-24(18(28)23-14)17-19(20,21)15(26)13(8-25)31-17;1-9-3-10(5-11(4-9)28-2)12(25)6-14-21-8-23(17(27)22-14)16-18(19,20)15(26)13(7-24)29-16;1-9-4-3-5-10(2)13(9)15(26)21-12-6-7-23(17(27)22-12)16-18(19,20)14(25)11(8-24)28-16;1-8-4-9(6-10(18)5-8)14(26)21-12-2-3-23(16(27)22-12)15-17(19,20)13(25)11(7-24)28-15;/h4-7,13,15,17,25-26H,8H2,1-3H3,(H,22,23,27,28);3-5,8,13,15-16,24,26H,6-7H2,1-2H3;3-7,11,14,16,24-25H,8H2,1-2H3,(H,21,22,26,27);2-6,11,13,15,24-25H,7H2,1H3,(H,21,22,26,27);1H4/t13-,15-,17-;13-,15-,16-;11-,14-,16-;11-,13-,15-;/m1111./s1. The number of nitrogens with one attached hydrogen (secondary N) is 3. The SMILES string of the molecule is C.COc1cc(C(=O)Nc2ccn([C@@H]3O[C@H](CO)[C@@H](O)C3(F)F)c(=O)n2)cc(OC)c1C.COc1cc(C)cc(C(=O)Cc2ncn([C@@H]3O[C@H](CO)[C@@H](O)C3(F)F)c(=O)n2)c1.Cc1cc(Cl)cc(C(=O)Nc2ccn([C@@H]3O[C@H](CO)[C@@H](O)C3(F)F)c(=O)n2)c1.Cc1cccc(C)c1C(=O)Nc1ccn([C@@H]2O[C@H](CO)[C@@H](O)C2(F)F)c(=O)n1. The van der Waals surface area contributed by atoms with Crippen molar-refractivity contribution in [1.29, 1.82) is 0 Å². The Labute approximate surface area is 661 Å². The lowest BCUT2D eigenvalue weighted by molar-refractivity contribution is -0.141. The zero-order chi connectivity index (χ0) is 85.5.